The second kappa shape index (κ2) is 7.87. The van der Waals surface area contributed by atoms with Gasteiger partial charge in [0.05, 0.1) is 20.7 Å². The molecule has 140 valence electrons. The highest BCUT2D eigenvalue weighted by Gasteiger charge is 2.13. The summed E-state index contributed by atoms with van der Waals surface area (Å²) in [5, 5.41) is 11.2. The molecule has 1 N–H and O–H groups in total. The molecule has 8 heteroatoms. The van der Waals surface area contributed by atoms with E-state index in [0.29, 0.717) is 48.3 Å². The number of aromatic nitrogens is 1. The minimum Gasteiger partial charge on any atom is -0.506 e. The number of hydrogen-bond acceptors (Lipinski definition) is 4. The number of benzene rings is 3. The second-order valence-corrected chi connectivity index (χ2v) is 8.49. The first-order valence-electron chi connectivity index (χ1n) is 7.99. The zero-order valence-electron chi connectivity index (χ0n) is 14.0. The number of hydrogen-bond donors (Lipinski definition) is 1. The summed E-state index contributed by atoms with van der Waals surface area (Å²) in [5.41, 5.74) is 3.08. The van der Waals surface area contributed by atoms with Gasteiger partial charge in [-0.25, -0.2) is 4.98 Å². The first kappa shape index (κ1) is 19.5. The Morgan fingerprint density at radius 1 is 1.04 bits per heavy atom. The van der Waals surface area contributed by atoms with Crippen molar-refractivity contribution in [1.82, 2.24) is 4.98 Å². The van der Waals surface area contributed by atoms with Crippen LogP contribution in [0.2, 0.25) is 10.0 Å². The lowest BCUT2D eigenvalue weighted by atomic mass is 10.2. The van der Waals surface area contributed by atoms with Gasteiger partial charge in [0.25, 0.3) is 0 Å². The molecule has 0 aliphatic heterocycles. The van der Waals surface area contributed by atoms with Crippen LogP contribution < -0.4 is 0 Å². The highest BCUT2D eigenvalue weighted by atomic mass is 79.9. The highest BCUT2D eigenvalue weighted by molar-refractivity contribution is 9.11. The predicted octanol–water partition coefficient (Wildman–Crippen LogP) is 7.78. The summed E-state index contributed by atoms with van der Waals surface area (Å²) in [7, 11) is 0. The van der Waals surface area contributed by atoms with Crippen molar-refractivity contribution in [2.45, 2.75) is 0 Å². The van der Waals surface area contributed by atoms with Gasteiger partial charge in [-0.2, -0.15) is 0 Å². The van der Waals surface area contributed by atoms with Crippen LogP contribution in [0.15, 0.2) is 66.9 Å². The average Bonchev–Trinajstić information content (AvgIpc) is 3.07. The van der Waals surface area contributed by atoms with Gasteiger partial charge >= 0.3 is 0 Å². The molecule has 4 nitrogen and oxygen atoms in total. The molecule has 0 saturated carbocycles. The number of aliphatic imine (C=N–C) groups is 1. The zero-order valence-corrected chi connectivity index (χ0v) is 18.6. The van der Waals surface area contributed by atoms with Crippen LogP contribution in [-0.2, 0) is 0 Å². The van der Waals surface area contributed by atoms with Crippen molar-refractivity contribution in [2.24, 2.45) is 4.99 Å². The quantitative estimate of drug-likeness (QED) is 0.270. The third kappa shape index (κ3) is 3.96. The molecule has 0 radical (unpaired) electrons. The molecular weight excluding hydrogens is 531 g/mol. The Morgan fingerprint density at radius 3 is 2.68 bits per heavy atom. The van der Waals surface area contributed by atoms with Gasteiger partial charge in [0.15, 0.2) is 5.58 Å². The molecule has 0 spiro atoms. The number of phenolic OH excluding ortho intramolecular Hbond substituents is 1. The van der Waals surface area contributed by atoms with E-state index in [-0.39, 0.29) is 5.75 Å². The third-order valence-electron chi connectivity index (χ3n) is 3.94. The number of nitrogens with zero attached hydrogens (tertiary/aromatic N) is 2. The molecule has 0 amide bonds. The normalized spacial score (nSPS) is 11.6. The molecule has 4 rings (SSSR count). The molecule has 4 aromatic rings. The van der Waals surface area contributed by atoms with Crippen LogP contribution in [0.1, 0.15) is 5.56 Å². The summed E-state index contributed by atoms with van der Waals surface area (Å²) in [6, 6.07) is 14.0. The minimum atomic E-state index is 0.108. The van der Waals surface area contributed by atoms with Crippen molar-refractivity contribution in [3.8, 4) is 17.2 Å². The van der Waals surface area contributed by atoms with Crippen LogP contribution in [0.5, 0.6) is 5.75 Å². The Hall–Kier alpha value is -1.86. The summed E-state index contributed by atoms with van der Waals surface area (Å²) >= 11 is 19.1. The van der Waals surface area contributed by atoms with E-state index in [0.717, 1.165) is 4.47 Å². The van der Waals surface area contributed by atoms with E-state index in [9.17, 15) is 5.11 Å². The van der Waals surface area contributed by atoms with Gasteiger partial charge in [-0.3, -0.25) is 4.99 Å². The van der Waals surface area contributed by atoms with Crippen LogP contribution in [0.4, 0.5) is 5.69 Å². The fourth-order valence-corrected chi connectivity index (χ4v) is 4.22. The Labute approximate surface area is 187 Å². The maximum Gasteiger partial charge on any atom is 0.228 e. The molecule has 28 heavy (non-hydrogen) atoms. The van der Waals surface area contributed by atoms with Crippen LogP contribution in [0.3, 0.4) is 0 Å². The summed E-state index contributed by atoms with van der Waals surface area (Å²) in [4.78, 5) is 8.90. The molecule has 0 unspecified atom stereocenters. The van der Waals surface area contributed by atoms with Crippen molar-refractivity contribution >= 4 is 78.1 Å². The number of oxazole rings is 1. The first-order valence-corrected chi connectivity index (χ1v) is 10.3. The fourth-order valence-electron chi connectivity index (χ4n) is 2.60. The molecular formula is C20H10Br2Cl2N2O2. The Kier molecular flexibility index (Phi) is 5.47. The van der Waals surface area contributed by atoms with Gasteiger partial charge in [-0.1, -0.05) is 39.1 Å². The highest BCUT2D eigenvalue weighted by Crippen LogP contribution is 2.34. The SMILES string of the molecule is Oc1c(Br)cc(Br)cc1C=Nc1ccc(Cl)c(-c2nc3cc(Cl)ccc3o2)c1. The lowest BCUT2D eigenvalue weighted by Gasteiger charge is -2.04. The maximum atomic E-state index is 10.2. The van der Waals surface area contributed by atoms with Gasteiger partial charge in [-0.05, 0) is 64.5 Å². The fraction of sp³-hybridized carbons (Fsp3) is 0. The van der Waals surface area contributed by atoms with E-state index in [1.54, 1.807) is 54.7 Å². The van der Waals surface area contributed by atoms with E-state index in [4.69, 9.17) is 27.6 Å². The number of fused-ring (bicyclic) bond motifs is 1. The molecule has 0 fully saturated rings. The van der Waals surface area contributed by atoms with Crippen LogP contribution in [-0.4, -0.2) is 16.3 Å². The molecule has 0 aliphatic rings. The lowest BCUT2D eigenvalue weighted by molar-refractivity contribution is 0.471. The predicted molar refractivity (Wildman–Crippen MR) is 120 cm³/mol. The van der Waals surface area contributed by atoms with Gasteiger partial charge in [-0.15, -0.1) is 0 Å². The molecule has 3 aromatic carbocycles. The van der Waals surface area contributed by atoms with Gasteiger partial charge in [0, 0.05) is 21.3 Å². The van der Waals surface area contributed by atoms with Crippen LogP contribution in [0.25, 0.3) is 22.6 Å². The Morgan fingerprint density at radius 2 is 1.86 bits per heavy atom. The van der Waals surface area contributed by atoms with E-state index >= 15 is 0 Å². The van der Waals surface area contributed by atoms with Gasteiger partial charge in [0.1, 0.15) is 11.3 Å². The average molecular weight is 541 g/mol. The topological polar surface area (TPSA) is 58.6 Å². The van der Waals surface area contributed by atoms with Crippen molar-refractivity contribution in [3.63, 3.8) is 0 Å². The summed E-state index contributed by atoms with van der Waals surface area (Å²) in [6.07, 6.45) is 1.57. The third-order valence-corrected chi connectivity index (χ3v) is 5.57. The second-order valence-electron chi connectivity index (χ2n) is 5.88. The monoisotopic (exact) mass is 538 g/mol. The zero-order chi connectivity index (χ0) is 19.8. The summed E-state index contributed by atoms with van der Waals surface area (Å²) in [5.74, 6) is 0.490. The van der Waals surface area contributed by atoms with Gasteiger partial charge < -0.3 is 9.52 Å². The van der Waals surface area contributed by atoms with Crippen LogP contribution >= 0.6 is 55.1 Å². The lowest BCUT2D eigenvalue weighted by Crippen LogP contribution is -1.85. The smallest absolute Gasteiger partial charge is 0.228 e. The van der Waals surface area contributed by atoms with E-state index in [2.05, 4.69) is 41.8 Å². The summed E-state index contributed by atoms with van der Waals surface area (Å²) < 4.78 is 7.19. The Balaban J connectivity index is 1.73. The molecule has 1 heterocycles. The Bertz CT molecular complexity index is 1240. The molecule has 0 saturated heterocycles. The molecule has 0 bridgehead atoms. The van der Waals surface area contributed by atoms with Crippen molar-refractivity contribution in [2.75, 3.05) is 0 Å². The number of phenols is 1. The summed E-state index contributed by atoms with van der Waals surface area (Å²) in [6.45, 7) is 0. The molecule has 0 aliphatic carbocycles. The standard InChI is InChI=1S/C20H10Br2Cl2N2O2/c21-11-5-10(19(27)15(22)6-11)9-25-13-2-3-16(24)14(8-13)20-26-17-7-12(23)1-4-18(17)28-20/h1-9,27H. The first-order chi connectivity index (χ1) is 13.4. The minimum absolute atomic E-state index is 0.108. The van der Waals surface area contributed by atoms with Crippen molar-refractivity contribution in [1.29, 1.82) is 0 Å². The number of aromatic hydroxyl groups is 1. The number of halogens is 4. The largest absolute Gasteiger partial charge is 0.506 e. The molecule has 1 aromatic heterocycles. The van der Waals surface area contributed by atoms with Crippen molar-refractivity contribution < 1.29 is 9.52 Å². The van der Waals surface area contributed by atoms with Crippen LogP contribution in [0, 0.1) is 0 Å². The van der Waals surface area contributed by atoms with E-state index in [1.165, 1.54) is 0 Å². The van der Waals surface area contributed by atoms with E-state index < -0.39 is 0 Å². The van der Waals surface area contributed by atoms with E-state index in [1.807, 2.05) is 0 Å². The van der Waals surface area contributed by atoms with Crippen molar-refractivity contribution in [3.05, 3.63) is 73.1 Å². The number of rotatable bonds is 3. The molecule has 0 atom stereocenters. The maximum absolute atomic E-state index is 10.2. The van der Waals surface area contributed by atoms with Gasteiger partial charge in [0.2, 0.25) is 5.89 Å².